The molecule has 0 fully saturated rings. The Morgan fingerprint density at radius 3 is 2.04 bits per heavy atom. The molecule has 1 N–H and O–H groups in total. The molecule has 2 rings (SSSR count). The Bertz CT molecular complexity index is 912. The summed E-state index contributed by atoms with van der Waals surface area (Å²) >= 11 is 0. The molecule has 0 saturated heterocycles. The Balaban J connectivity index is 2.42. The fraction of sp³-hybridized carbons (Fsp3) is 0.0625. The van der Waals surface area contributed by atoms with Crippen LogP contribution in [0.3, 0.4) is 0 Å². The van der Waals surface area contributed by atoms with Crippen molar-refractivity contribution in [3.05, 3.63) is 69.8 Å². The third-order valence-corrected chi connectivity index (χ3v) is 4.37. The van der Waals surface area contributed by atoms with Crippen LogP contribution >= 0.6 is 0 Å². The van der Waals surface area contributed by atoms with Crippen LogP contribution in [0, 0.1) is 10.1 Å². The van der Waals surface area contributed by atoms with Gasteiger partial charge < -0.3 is 5.11 Å². The Morgan fingerprint density at radius 1 is 1.08 bits per heavy atom. The first-order valence-corrected chi connectivity index (χ1v) is 8.57. The minimum absolute atomic E-state index is 0.0583. The van der Waals surface area contributed by atoms with E-state index in [9.17, 15) is 28.4 Å². The second kappa shape index (κ2) is 6.63. The fourth-order valence-corrected chi connectivity index (χ4v) is 2.64. The largest absolute Gasteiger partial charge is 0.478 e. The van der Waals surface area contributed by atoms with Crippen molar-refractivity contribution in [3.63, 3.8) is 0 Å². The molecule has 0 aliphatic rings. The fourth-order valence-electron chi connectivity index (χ4n) is 2.01. The quantitative estimate of drug-likeness (QED) is 0.385. The number of sulfone groups is 1. The lowest BCUT2D eigenvalue weighted by molar-refractivity contribution is -0.384. The zero-order chi connectivity index (χ0) is 17.9. The van der Waals surface area contributed by atoms with E-state index in [0.29, 0.717) is 11.1 Å². The molecule has 8 heteroatoms. The van der Waals surface area contributed by atoms with E-state index < -0.39 is 20.7 Å². The molecule has 0 saturated carbocycles. The highest BCUT2D eigenvalue weighted by Gasteiger charge is 2.13. The maximum absolute atomic E-state index is 11.5. The van der Waals surface area contributed by atoms with Crippen molar-refractivity contribution in [1.82, 2.24) is 0 Å². The lowest BCUT2D eigenvalue weighted by Gasteiger charge is -2.04. The zero-order valence-corrected chi connectivity index (χ0v) is 13.4. The number of carboxylic acid groups (broad SMARTS) is 1. The Kier molecular flexibility index (Phi) is 4.79. The highest BCUT2D eigenvalue weighted by atomic mass is 32.2. The summed E-state index contributed by atoms with van der Waals surface area (Å²) in [4.78, 5) is 21.7. The number of nitrogens with zero attached hydrogens (tertiary/aromatic N) is 1. The van der Waals surface area contributed by atoms with Gasteiger partial charge in [0.2, 0.25) is 0 Å². The summed E-state index contributed by atoms with van der Waals surface area (Å²) < 4.78 is 22.8. The molecule has 0 aromatic heterocycles. The van der Waals surface area contributed by atoms with Crippen molar-refractivity contribution >= 4 is 33.1 Å². The molecule has 0 aliphatic heterocycles. The van der Waals surface area contributed by atoms with Crippen LogP contribution in [0.5, 0.6) is 0 Å². The van der Waals surface area contributed by atoms with Gasteiger partial charge in [-0.2, -0.15) is 0 Å². The van der Waals surface area contributed by atoms with Crippen molar-refractivity contribution in [3.8, 4) is 0 Å². The Hall–Kier alpha value is -3.00. The molecule has 0 aliphatic carbocycles. The van der Waals surface area contributed by atoms with Gasteiger partial charge in [0.1, 0.15) is 0 Å². The van der Waals surface area contributed by atoms with Gasteiger partial charge in [-0.3, -0.25) is 10.1 Å². The standard InChI is InChI=1S/C16H13NO6S/c1-24(22,23)14-8-2-11(3-9-14)10-15(16(18)19)12-4-6-13(7-5-12)17(20)21/h2-10H,1H3,(H,18,19)/b15-10+. The average Bonchev–Trinajstić information content (AvgIpc) is 2.52. The number of non-ortho nitro benzene ring substituents is 1. The van der Waals surface area contributed by atoms with Gasteiger partial charge in [-0.1, -0.05) is 12.1 Å². The lowest BCUT2D eigenvalue weighted by atomic mass is 10.0. The maximum atomic E-state index is 11.5. The monoisotopic (exact) mass is 347 g/mol. The molecular formula is C16H13NO6S. The van der Waals surface area contributed by atoms with E-state index in [1.54, 1.807) is 0 Å². The summed E-state index contributed by atoms with van der Waals surface area (Å²) in [5, 5.41) is 20.0. The molecule has 0 bridgehead atoms. The number of carbonyl (C=O) groups is 1. The van der Waals surface area contributed by atoms with E-state index >= 15 is 0 Å². The van der Waals surface area contributed by atoms with E-state index in [0.717, 1.165) is 6.26 Å². The third kappa shape index (κ3) is 4.05. The van der Waals surface area contributed by atoms with Crippen LogP contribution < -0.4 is 0 Å². The van der Waals surface area contributed by atoms with E-state index in [1.165, 1.54) is 54.6 Å². The number of aliphatic carboxylic acids is 1. The molecule has 0 spiro atoms. The number of nitro groups is 1. The summed E-state index contributed by atoms with van der Waals surface area (Å²) in [5.74, 6) is -1.20. The molecule has 124 valence electrons. The average molecular weight is 347 g/mol. The van der Waals surface area contributed by atoms with Gasteiger partial charge in [0.25, 0.3) is 5.69 Å². The minimum Gasteiger partial charge on any atom is -0.478 e. The summed E-state index contributed by atoms with van der Waals surface area (Å²) in [5.41, 5.74) is 0.608. The molecule has 0 heterocycles. The molecule has 0 atom stereocenters. The molecule has 24 heavy (non-hydrogen) atoms. The molecule has 0 unspecified atom stereocenters. The number of hydrogen-bond acceptors (Lipinski definition) is 5. The summed E-state index contributed by atoms with van der Waals surface area (Å²) in [6.45, 7) is 0. The predicted octanol–water partition coefficient (Wildman–Crippen LogP) is 2.62. The van der Waals surface area contributed by atoms with Gasteiger partial charge in [0.15, 0.2) is 9.84 Å². The third-order valence-electron chi connectivity index (χ3n) is 3.24. The van der Waals surface area contributed by atoms with Gasteiger partial charge in [0, 0.05) is 18.4 Å². The van der Waals surface area contributed by atoms with E-state index in [1.807, 2.05) is 0 Å². The van der Waals surface area contributed by atoms with E-state index in [-0.39, 0.29) is 16.2 Å². The number of hydrogen-bond donors (Lipinski definition) is 1. The smallest absolute Gasteiger partial charge is 0.336 e. The SMILES string of the molecule is CS(=O)(=O)c1ccc(/C=C(/C(=O)O)c2ccc([N+](=O)[O-])cc2)cc1. The number of nitro benzene ring substituents is 1. The first-order valence-electron chi connectivity index (χ1n) is 6.68. The second-order valence-corrected chi connectivity index (χ2v) is 7.02. The Labute approximate surface area is 137 Å². The normalized spacial score (nSPS) is 12.0. The summed E-state index contributed by atoms with van der Waals surface area (Å²) in [7, 11) is -3.33. The van der Waals surface area contributed by atoms with Crippen molar-refractivity contribution in [2.24, 2.45) is 0 Å². The molecule has 2 aromatic rings. The van der Waals surface area contributed by atoms with E-state index in [4.69, 9.17) is 0 Å². The van der Waals surface area contributed by atoms with Gasteiger partial charge in [-0.15, -0.1) is 0 Å². The van der Waals surface area contributed by atoms with Crippen LogP contribution in [0.1, 0.15) is 11.1 Å². The second-order valence-electron chi connectivity index (χ2n) is 5.01. The van der Waals surface area contributed by atoms with Crippen LogP contribution in [0.15, 0.2) is 53.4 Å². The van der Waals surface area contributed by atoms with Gasteiger partial charge >= 0.3 is 5.97 Å². The van der Waals surface area contributed by atoms with Crippen molar-refractivity contribution < 1.29 is 23.2 Å². The van der Waals surface area contributed by atoms with Gasteiger partial charge in [0.05, 0.1) is 15.4 Å². The maximum Gasteiger partial charge on any atom is 0.336 e. The minimum atomic E-state index is -3.33. The Morgan fingerprint density at radius 2 is 1.62 bits per heavy atom. The first kappa shape index (κ1) is 17.4. The van der Waals surface area contributed by atoms with Crippen LogP contribution in [0.2, 0.25) is 0 Å². The molecule has 0 radical (unpaired) electrons. The molecular weight excluding hydrogens is 334 g/mol. The number of rotatable bonds is 5. The molecule has 7 nitrogen and oxygen atoms in total. The summed E-state index contributed by atoms with van der Waals surface area (Å²) in [6.07, 6.45) is 2.45. The molecule has 0 amide bonds. The van der Waals surface area contributed by atoms with E-state index in [2.05, 4.69) is 0 Å². The zero-order valence-electron chi connectivity index (χ0n) is 12.5. The highest BCUT2D eigenvalue weighted by Crippen LogP contribution is 2.22. The summed E-state index contributed by atoms with van der Waals surface area (Å²) in [6, 6.07) is 10.9. The number of carboxylic acids is 1. The van der Waals surface area contributed by atoms with Crippen LogP contribution in [-0.2, 0) is 14.6 Å². The highest BCUT2D eigenvalue weighted by molar-refractivity contribution is 7.90. The lowest BCUT2D eigenvalue weighted by Crippen LogP contribution is -2.00. The molecule has 2 aromatic carbocycles. The first-order chi connectivity index (χ1) is 11.2. The van der Waals surface area contributed by atoms with Crippen molar-refractivity contribution in [2.45, 2.75) is 4.90 Å². The number of benzene rings is 2. The van der Waals surface area contributed by atoms with Crippen LogP contribution in [0.25, 0.3) is 11.6 Å². The van der Waals surface area contributed by atoms with Gasteiger partial charge in [-0.05, 0) is 41.5 Å². The predicted molar refractivity (Wildman–Crippen MR) is 88.2 cm³/mol. The van der Waals surface area contributed by atoms with Gasteiger partial charge in [-0.25, -0.2) is 13.2 Å². The van der Waals surface area contributed by atoms with Crippen molar-refractivity contribution in [1.29, 1.82) is 0 Å². The van der Waals surface area contributed by atoms with Crippen LogP contribution in [-0.4, -0.2) is 30.7 Å². The topological polar surface area (TPSA) is 115 Å². The van der Waals surface area contributed by atoms with Crippen LogP contribution in [0.4, 0.5) is 5.69 Å². The van der Waals surface area contributed by atoms with Crippen molar-refractivity contribution in [2.75, 3.05) is 6.26 Å².